The molecule has 3 heteroatoms. The van der Waals surface area contributed by atoms with E-state index in [0.717, 1.165) is 37.7 Å². The maximum atomic E-state index is 11.0. The van der Waals surface area contributed by atoms with Gasteiger partial charge in [0.05, 0.1) is 0 Å². The van der Waals surface area contributed by atoms with Gasteiger partial charge in [-0.1, -0.05) is 30.7 Å². The molecule has 2 aliphatic carbocycles. The van der Waals surface area contributed by atoms with Crippen LogP contribution < -0.4 is 0 Å². The number of fused-ring (bicyclic) bond motifs is 5. The summed E-state index contributed by atoms with van der Waals surface area (Å²) in [7, 11) is 0. The van der Waals surface area contributed by atoms with Gasteiger partial charge in [-0.05, 0) is 55.5 Å². The highest BCUT2D eigenvalue weighted by molar-refractivity contribution is 6.07. The van der Waals surface area contributed by atoms with Crippen molar-refractivity contribution in [1.29, 1.82) is 0 Å². The Morgan fingerprint density at radius 1 is 0.962 bits per heavy atom. The largest absolute Gasteiger partial charge is 0.464 e. The second-order valence-electron chi connectivity index (χ2n) is 7.76. The Morgan fingerprint density at radius 2 is 1.77 bits per heavy atom. The average Bonchev–Trinajstić information content (AvgIpc) is 3.07. The number of benzene rings is 2. The molecule has 2 aromatic carbocycles. The number of hydrogen-bond acceptors (Lipinski definition) is 3. The normalized spacial score (nSPS) is 23.1. The number of aryl methyl sites for hydroxylation is 2. The molecule has 1 fully saturated rings. The molecule has 134 valence electrons. The molecule has 0 saturated heterocycles. The lowest BCUT2D eigenvalue weighted by Gasteiger charge is -2.31. The molecule has 0 amide bonds. The lowest BCUT2D eigenvalue weighted by molar-refractivity contribution is -0.135. The van der Waals surface area contributed by atoms with Crippen LogP contribution in [0.25, 0.3) is 21.7 Å². The molecule has 1 heterocycles. The average molecular weight is 348 g/mol. The lowest BCUT2D eigenvalue weighted by atomic mass is 9.79. The van der Waals surface area contributed by atoms with Gasteiger partial charge >= 0.3 is 0 Å². The Hall–Kier alpha value is -2.29. The fourth-order valence-corrected chi connectivity index (χ4v) is 5.10. The monoisotopic (exact) mass is 348 g/mol. The number of furan rings is 1. The van der Waals surface area contributed by atoms with Crippen LogP contribution in [-0.2, 0) is 22.4 Å². The van der Waals surface area contributed by atoms with E-state index in [1.807, 2.05) is 0 Å². The van der Waals surface area contributed by atoms with Gasteiger partial charge in [-0.2, -0.15) is 0 Å². The highest BCUT2D eigenvalue weighted by Crippen LogP contribution is 2.43. The van der Waals surface area contributed by atoms with E-state index in [1.54, 1.807) is 0 Å². The molecule has 1 saturated carbocycles. The Balaban J connectivity index is 1.76. The Labute approximate surface area is 153 Å². The van der Waals surface area contributed by atoms with Crippen LogP contribution in [0.2, 0.25) is 0 Å². The molecule has 0 radical (unpaired) electrons. The summed E-state index contributed by atoms with van der Waals surface area (Å²) in [6.45, 7) is 0.628. The lowest BCUT2D eigenvalue weighted by Crippen LogP contribution is -2.26. The van der Waals surface area contributed by atoms with E-state index in [4.69, 9.17) is 9.15 Å². The third kappa shape index (κ3) is 2.45. The van der Waals surface area contributed by atoms with Crippen molar-refractivity contribution in [2.75, 3.05) is 0 Å². The fourth-order valence-electron chi connectivity index (χ4n) is 5.10. The second-order valence-corrected chi connectivity index (χ2v) is 7.76. The number of carbonyl (C=O) groups is 1. The van der Waals surface area contributed by atoms with Crippen molar-refractivity contribution < 1.29 is 13.9 Å². The molecule has 2 atom stereocenters. The van der Waals surface area contributed by atoms with E-state index < -0.39 is 0 Å². The number of hydrogen-bond donors (Lipinski definition) is 0. The molecule has 5 rings (SSSR count). The third-order valence-corrected chi connectivity index (χ3v) is 6.33. The number of ether oxygens (including phenoxy) is 1. The first-order valence-electron chi connectivity index (χ1n) is 9.92. The molecular formula is C23H24O3. The fraction of sp³-hybridized carbons (Fsp3) is 0.435. The number of rotatable bonds is 3. The van der Waals surface area contributed by atoms with Crippen LogP contribution in [-0.4, -0.2) is 12.6 Å². The number of carbonyl (C=O) groups excluding carboxylic acids is 1. The Kier molecular flexibility index (Phi) is 3.96. The summed E-state index contributed by atoms with van der Waals surface area (Å²) in [6.07, 6.45) is 8.97. The van der Waals surface area contributed by atoms with Gasteiger partial charge in [0.2, 0.25) is 0 Å². The van der Waals surface area contributed by atoms with Crippen LogP contribution in [0.4, 0.5) is 0 Å². The predicted octanol–water partition coefficient (Wildman–Crippen LogP) is 5.66. The van der Waals surface area contributed by atoms with Gasteiger partial charge in [0.15, 0.2) is 0 Å². The minimum Gasteiger partial charge on any atom is -0.464 e. The zero-order valence-corrected chi connectivity index (χ0v) is 15.0. The van der Waals surface area contributed by atoms with Gasteiger partial charge in [-0.15, -0.1) is 0 Å². The molecular weight excluding hydrogens is 324 g/mol. The van der Waals surface area contributed by atoms with Crippen molar-refractivity contribution in [2.45, 2.75) is 63.4 Å². The molecule has 2 aliphatic rings. The molecule has 2 unspecified atom stereocenters. The Bertz CT molecular complexity index is 968. The first-order valence-corrected chi connectivity index (χ1v) is 9.92. The summed E-state index contributed by atoms with van der Waals surface area (Å²) in [5.41, 5.74) is 3.77. The highest BCUT2D eigenvalue weighted by Gasteiger charge is 2.30. The van der Waals surface area contributed by atoms with Crippen LogP contribution in [0.5, 0.6) is 0 Å². The minimum atomic E-state index is -0.00941. The maximum Gasteiger partial charge on any atom is 0.293 e. The third-order valence-electron chi connectivity index (χ3n) is 6.33. The molecule has 0 spiro atoms. The van der Waals surface area contributed by atoms with Crippen LogP contribution in [0, 0.1) is 0 Å². The van der Waals surface area contributed by atoms with Gasteiger partial charge in [0.1, 0.15) is 17.4 Å². The summed E-state index contributed by atoms with van der Waals surface area (Å²) >= 11 is 0. The van der Waals surface area contributed by atoms with Crippen molar-refractivity contribution in [1.82, 2.24) is 0 Å². The summed E-state index contributed by atoms with van der Waals surface area (Å²) < 4.78 is 11.8. The van der Waals surface area contributed by atoms with Gasteiger partial charge < -0.3 is 9.15 Å². The smallest absolute Gasteiger partial charge is 0.293 e. The van der Waals surface area contributed by atoms with Crippen molar-refractivity contribution in [3.8, 4) is 0 Å². The van der Waals surface area contributed by atoms with E-state index in [2.05, 4.69) is 30.3 Å². The molecule has 26 heavy (non-hydrogen) atoms. The van der Waals surface area contributed by atoms with E-state index in [9.17, 15) is 4.79 Å². The molecule has 3 nitrogen and oxygen atoms in total. The van der Waals surface area contributed by atoms with Crippen molar-refractivity contribution in [2.24, 2.45) is 0 Å². The standard InChI is InChI=1S/C23H24O3/c24-14-25-21-11-5-3-8-16(21)19-13-20-17-9-4-6-12-22(17)26-23(20)18-10-2-1-7-15(18)19/h1-2,7,10,13-14,16,21H,3-6,8-9,11-12H2. The summed E-state index contributed by atoms with van der Waals surface area (Å²) in [5.74, 6) is 1.45. The van der Waals surface area contributed by atoms with E-state index in [1.165, 1.54) is 52.3 Å². The molecule has 0 N–H and O–H groups in total. The quantitative estimate of drug-likeness (QED) is 0.573. The topological polar surface area (TPSA) is 39.4 Å². The summed E-state index contributed by atoms with van der Waals surface area (Å²) in [5, 5.41) is 3.73. The van der Waals surface area contributed by atoms with Crippen molar-refractivity contribution in [3.05, 3.63) is 47.2 Å². The van der Waals surface area contributed by atoms with Gasteiger partial charge in [0.25, 0.3) is 6.47 Å². The predicted molar refractivity (Wildman–Crippen MR) is 103 cm³/mol. The van der Waals surface area contributed by atoms with Crippen LogP contribution in [0.15, 0.2) is 34.7 Å². The van der Waals surface area contributed by atoms with E-state index in [-0.39, 0.29) is 12.0 Å². The molecule has 0 bridgehead atoms. The van der Waals surface area contributed by atoms with Crippen LogP contribution >= 0.6 is 0 Å². The van der Waals surface area contributed by atoms with E-state index >= 15 is 0 Å². The van der Waals surface area contributed by atoms with Gasteiger partial charge in [-0.25, -0.2) is 0 Å². The van der Waals surface area contributed by atoms with E-state index in [0.29, 0.717) is 6.47 Å². The molecule has 3 aromatic rings. The second kappa shape index (κ2) is 6.46. The molecule has 1 aromatic heterocycles. The Morgan fingerprint density at radius 3 is 2.65 bits per heavy atom. The van der Waals surface area contributed by atoms with Crippen LogP contribution in [0.1, 0.15) is 61.3 Å². The minimum absolute atomic E-state index is 0.00941. The highest BCUT2D eigenvalue weighted by atomic mass is 16.5. The SMILES string of the molecule is O=COC1CCCCC1c1cc2c3c(oc2c2ccccc12)CCCC3. The zero-order valence-electron chi connectivity index (χ0n) is 15.0. The summed E-state index contributed by atoms with van der Waals surface area (Å²) in [6, 6.07) is 10.9. The summed E-state index contributed by atoms with van der Waals surface area (Å²) in [4.78, 5) is 11.0. The zero-order chi connectivity index (χ0) is 17.5. The van der Waals surface area contributed by atoms with Crippen LogP contribution in [0.3, 0.4) is 0 Å². The van der Waals surface area contributed by atoms with Gasteiger partial charge in [-0.3, -0.25) is 4.79 Å². The van der Waals surface area contributed by atoms with Gasteiger partial charge in [0, 0.05) is 28.7 Å². The first-order chi connectivity index (χ1) is 12.9. The maximum absolute atomic E-state index is 11.0. The van der Waals surface area contributed by atoms with Crippen molar-refractivity contribution >= 4 is 28.2 Å². The first kappa shape index (κ1) is 15.9. The van der Waals surface area contributed by atoms with Crippen molar-refractivity contribution in [3.63, 3.8) is 0 Å². The molecule has 0 aliphatic heterocycles.